The van der Waals surface area contributed by atoms with E-state index in [-0.39, 0.29) is 5.91 Å². The van der Waals surface area contributed by atoms with E-state index in [0.29, 0.717) is 23.1 Å². The number of piperazine rings is 1. The number of methoxy groups -OCH3 is 1. The van der Waals surface area contributed by atoms with E-state index in [0.717, 1.165) is 48.9 Å². The van der Waals surface area contributed by atoms with Crippen LogP contribution in [0.4, 0.5) is 34.5 Å². The summed E-state index contributed by atoms with van der Waals surface area (Å²) in [5.41, 5.74) is 4.09. The predicted molar refractivity (Wildman–Crippen MR) is 135 cm³/mol. The number of likely N-dealkylation sites (N-methyl/N-ethyl adjacent to an activating group) is 1. The van der Waals surface area contributed by atoms with E-state index in [9.17, 15) is 4.79 Å². The van der Waals surface area contributed by atoms with Crippen LogP contribution in [-0.4, -0.2) is 75.2 Å². The Morgan fingerprint density at radius 1 is 0.941 bits per heavy atom. The predicted octanol–water partition coefficient (Wildman–Crippen LogP) is 3.34. The number of hydrogen-bond donors (Lipinski definition) is 1. The first-order chi connectivity index (χ1) is 16.5. The number of carbonyl (C=O) groups is 1. The Balaban J connectivity index is 1.44. The molecule has 0 saturated carbocycles. The van der Waals surface area contributed by atoms with Gasteiger partial charge in [-0.15, -0.1) is 0 Å². The number of amides is 1. The number of para-hydroxylation sites is 1. The van der Waals surface area contributed by atoms with Crippen LogP contribution in [0.5, 0.6) is 5.75 Å². The lowest BCUT2D eigenvalue weighted by molar-refractivity contribution is 0.0993. The zero-order valence-electron chi connectivity index (χ0n) is 19.9. The Hall–Kier alpha value is -3.85. The van der Waals surface area contributed by atoms with Crippen LogP contribution < -0.4 is 24.8 Å². The lowest BCUT2D eigenvalue weighted by Gasteiger charge is -2.34. The molecule has 0 atom stereocenters. The molecular formula is C25H29N7O2. The summed E-state index contributed by atoms with van der Waals surface area (Å²) in [7, 11) is 7.46. The number of carbonyl (C=O) groups excluding carboxylic acids is 1. The van der Waals surface area contributed by atoms with E-state index in [1.165, 1.54) is 0 Å². The molecule has 3 aromatic rings. The number of rotatable bonds is 4. The maximum Gasteiger partial charge on any atom is 0.261 e. The smallest absolute Gasteiger partial charge is 0.261 e. The van der Waals surface area contributed by atoms with Crippen LogP contribution in [-0.2, 0) is 0 Å². The minimum Gasteiger partial charge on any atom is -0.494 e. The first-order valence-corrected chi connectivity index (χ1v) is 11.3. The van der Waals surface area contributed by atoms with Crippen LogP contribution in [0.3, 0.4) is 0 Å². The summed E-state index contributed by atoms with van der Waals surface area (Å²) in [6.07, 6.45) is 1.74. The highest BCUT2D eigenvalue weighted by atomic mass is 16.5. The Bertz CT molecular complexity index is 1220. The molecule has 0 spiro atoms. The molecular weight excluding hydrogens is 430 g/mol. The number of fused-ring (bicyclic) bond motifs is 2. The van der Waals surface area contributed by atoms with Crippen molar-refractivity contribution >= 4 is 40.4 Å². The molecule has 2 aromatic carbocycles. The molecule has 0 bridgehead atoms. The molecule has 9 heteroatoms. The van der Waals surface area contributed by atoms with Gasteiger partial charge in [-0.3, -0.25) is 9.69 Å². The standard InChI is InChI=1S/C25H29N7O2/c1-29-11-13-32(14-12-29)17-9-10-19(22(15-17)34-4)27-25-26-16-21-23(28-25)31(3)24(33)18-7-5-6-8-20(18)30(21)2/h5-10,15-16H,11-14H2,1-4H3,(H,26,27,28). The van der Waals surface area contributed by atoms with Crippen molar-refractivity contribution in [1.29, 1.82) is 0 Å². The summed E-state index contributed by atoms with van der Waals surface area (Å²) in [6, 6.07) is 13.6. The number of nitrogens with zero attached hydrogens (tertiary/aromatic N) is 6. The van der Waals surface area contributed by atoms with E-state index in [4.69, 9.17) is 9.72 Å². The Labute approximate surface area is 199 Å². The molecule has 2 aliphatic heterocycles. The lowest BCUT2D eigenvalue weighted by Crippen LogP contribution is -2.44. The number of nitrogens with one attached hydrogen (secondary N) is 1. The zero-order valence-corrected chi connectivity index (χ0v) is 19.9. The van der Waals surface area contributed by atoms with Gasteiger partial charge in [-0.05, 0) is 31.3 Å². The molecule has 1 N–H and O–H groups in total. The normalized spacial score (nSPS) is 16.1. The monoisotopic (exact) mass is 459 g/mol. The summed E-state index contributed by atoms with van der Waals surface area (Å²) in [5, 5.41) is 3.27. The van der Waals surface area contributed by atoms with Crippen LogP contribution in [0.1, 0.15) is 10.4 Å². The highest BCUT2D eigenvalue weighted by Gasteiger charge is 2.29. The van der Waals surface area contributed by atoms with Crippen molar-refractivity contribution in [1.82, 2.24) is 14.9 Å². The summed E-state index contributed by atoms with van der Waals surface area (Å²) < 4.78 is 5.67. The molecule has 2 aliphatic rings. The van der Waals surface area contributed by atoms with Gasteiger partial charge in [0.2, 0.25) is 5.95 Å². The second kappa shape index (κ2) is 8.83. The third-order valence-electron chi connectivity index (χ3n) is 6.53. The van der Waals surface area contributed by atoms with Crippen LogP contribution in [0.25, 0.3) is 0 Å². The van der Waals surface area contributed by atoms with Crippen molar-refractivity contribution in [2.75, 3.05) is 74.4 Å². The fourth-order valence-electron chi connectivity index (χ4n) is 4.43. The second-order valence-electron chi connectivity index (χ2n) is 8.64. The van der Waals surface area contributed by atoms with E-state index < -0.39 is 0 Å². The third kappa shape index (κ3) is 3.88. The SMILES string of the molecule is COc1cc(N2CCN(C)CC2)ccc1Nc1ncc2c(n1)N(C)C(=O)c1ccccc1N2C. The van der Waals surface area contributed by atoms with Crippen molar-refractivity contribution in [3.05, 3.63) is 54.2 Å². The van der Waals surface area contributed by atoms with Gasteiger partial charge in [-0.1, -0.05) is 12.1 Å². The molecule has 1 amide bonds. The molecule has 3 heterocycles. The van der Waals surface area contributed by atoms with Gasteiger partial charge in [0, 0.05) is 52.0 Å². The number of hydrogen-bond acceptors (Lipinski definition) is 8. The second-order valence-corrected chi connectivity index (χ2v) is 8.64. The average Bonchev–Trinajstić information content (AvgIpc) is 2.94. The van der Waals surface area contributed by atoms with E-state index in [1.807, 2.05) is 48.3 Å². The molecule has 1 aromatic heterocycles. The molecule has 1 saturated heterocycles. The molecule has 176 valence electrons. The fourth-order valence-corrected chi connectivity index (χ4v) is 4.43. The van der Waals surface area contributed by atoms with E-state index in [1.54, 1.807) is 25.3 Å². The first kappa shape index (κ1) is 22.0. The highest BCUT2D eigenvalue weighted by Crippen LogP contribution is 2.38. The summed E-state index contributed by atoms with van der Waals surface area (Å²) >= 11 is 0. The summed E-state index contributed by atoms with van der Waals surface area (Å²) in [5.74, 6) is 1.53. The summed E-state index contributed by atoms with van der Waals surface area (Å²) in [4.78, 5) is 30.6. The first-order valence-electron chi connectivity index (χ1n) is 11.3. The van der Waals surface area contributed by atoms with Crippen LogP contribution in [0.15, 0.2) is 48.7 Å². The number of benzene rings is 2. The van der Waals surface area contributed by atoms with Gasteiger partial charge in [0.25, 0.3) is 5.91 Å². The quantitative estimate of drug-likeness (QED) is 0.637. The fraction of sp³-hybridized carbons (Fsp3) is 0.320. The maximum atomic E-state index is 13.1. The topological polar surface area (TPSA) is 77.1 Å². The molecule has 0 radical (unpaired) electrons. The van der Waals surface area contributed by atoms with E-state index >= 15 is 0 Å². The van der Waals surface area contributed by atoms with Gasteiger partial charge in [0.1, 0.15) is 11.4 Å². The molecule has 5 rings (SSSR count). The minimum absolute atomic E-state index is 0.111. The van der Waals surface area contributed by atoms with Gasteiger partial charge in [-0.25, -0.2) is 4.98 Å². The molecule has 0 aliphatic carbocycles. The van der Waals surface area contributed by atoms with Crippen molar-refractivity contribution in [3.8, 4) is 5.75 Å². The largest absolute Gasteiger partial charge is 0.494 e. The molecule has 9 nitrogen and oxygen atoms in total. The van der Waals surface area contributed by atoms with E-state index in [2.05, 4.69) is 33.2 Å². The summed E-state index contributed by atoms with van der Waals surface area (Å²) in [6.45, 7) is 4.04. The van der Waals surface area contributed by atoms with Crippen LogP contribution >= 0.6 is 0 Å². The van der Waals surface area contributed by atoms with Gasteiger partial charge in [0.05, 0.1) is 30.2 Å². The van der Waals surface area contributed by atoms with Crippen molar-refractivity contribution < 1.29 is 9.53 Å². The Kier molecular flexibility index (Phi) is 5.70. The lowest BCUT2D eigenvalue weighted by atomic mass is 10.1. The third-order valence-corrected chi connectivity index (χ3v) is 6.53. The highest BCUT2D eigenvalue weighted by molar-refractivity contribution is 6.12. The number of ether oxygens (including phenoxy) is 1. The number of anilines is 6. The Morgan fingerprint density at radius 3 is 2.47 bits per heavy atom. The van der Waals surface area contributed by atoms with Gasteiger partial charge < -0.3 is 24.8 Å². The Morgan fingerprint density at radius 2 is 1.71 bits per heavy atom. The van der Waals surface area contributed by atoms with Crippen LogP contribution in [0, 0.1) is 0 Å². The molecule has 1 fully saturated rings. The average molecular weight is 460 g/mol. The number of aromatic nitrogens is 2. The van der Waals surface area contributed by atoms with Gasteiger partial charge in [-0.2, -0.15) is 4.98 Å². The van der Waals surface area contributed by atoms with Crippen LogP contribution in [0.2, 0.25) is 0 Å². The van der Waals surface area contributed by atoms with Gasteiger partial charge >= 0.3 is 0 Å². The molecule has 34 heavy (non-hydrogen) atoms. The minimum atomic E-state index is -0.111. The van der Waals surface area contributed by atoms with Crippen molar-refractivity contribution in [2.24, 2.45) is 0 Å². The zero-order chi connectivity index (χ0) is 23.8. The van der Waals surface area contributed by atoms with Crippen molar-refractivity contribution in [3.63, 3.8) is 0 Å². The van der Waals surface area contributed by atoms with Crippen molar-refractivity contribution in [2.45, 2.75) is 0 Å². The maximum absolute atomic E-state index is 13.1. The van der Waals surface area contributed by atoms with Gasteiger partial charge in [0.15, 0.2) is 5.82 Å². The molecule has 0 unspecified atom stereocenters.